The number of aryl methyl sites for hydroxylation is 2. The van der Waals surface area contributed by atoms with E-state index in [0.29, 0.717) is 23.4 Å². The summed E-state index contributed by atoms with van der Waals surface area (Å²) >= 11 is 0. The molecule has 268 valence electrons. The smallest absolute Gasteiger partial charge is 0.276 e. The number of benzene rings is 2. The number of hydrogen-bond donors (Lipinski definition) is 2. The monoisotopic (exact) mass is 672 g/mol. The average molecular weight is 673 g/mol. The van der Waals surface area contributed by atoms with Crippen LogP contribution in [0, 0.1) is 24.0 Å². The maximum Gasteiger partial charge on any atom is 0.276 e. The molecule has 4 aliphatic heterocycles. The Morgan fingerprint density at radius 3 is 1.50 bits per heavy atom. The topological polar surface area (TPSA) is 139 Å². The molecule has 0 aliphatic carbocycles. The molecule has 0 amide bonds. The highest BCUT2D eigenvalue weighted by Gasteiger charge is 2.29. The fourth-order valence-electron chi connectivity index (χ4n) is 7.20. The molecule has 0 spiro atoms. The van der Waals surface area contributed by atoms with Crippen molar-refractivity contribution in [3.8, 4) is 11.5 Å². The van der Waals surface area contributed by atoms with Crippen molar-refractivity contribution in [3.05, 3.63) is 45.5 Å². The van der Waals surface area contributed by atoms with Crippen LogP contribution in [0.1, 0.15) is 36.8 Å². The lowest BCUT2D eigenvalue weighted by Gasteiger charge is -2.41. The van der Waals surface area contributed by atoms with E-state index in [1.165, 1.54) is 18.5 Å². The molecule has 4 fully saturated rings. The van der Waals surface area contributed by atoms with Crippen molar-refractivity contribution in [1.82, 2.24) is 9.80 Å². The number of nitro groups is 1. The molecule has 48 heavy (non-hydrogen) atoms. The molecule has 4 aliphatic rings. The van der Waals surface area contributed by atoms with Gasteiger partial charge in [0.1, 0.15) is 11.5 Å². The molecule has 13 nitrogen and oxygen atoms in total. The first kappa shape index (κ1) is 37.5. The van der Waals surface area contributed by atoms with Gasteiger partial charge in [0.25, 0.3) is 5.69 Å². The summed E-state index contributed by atoms with van der Waals surface area (Å²) in [5, 5.41) is 18.1. The predicted octanol–water partition coefficient (Wildman–Crippen LogP) is 3.71. The van der Waals surface area contributed by atoms with Gasteiger partial charge in [0.05, 0.1) is 63.0 Å². The summed E-state index contributed by atoms with van der Waals surface area (Å²) in [5.41, 5.74) is 10.8. The van der Waals surface area contributed by atoms with Crippen molar-refractivity contribution in [2.45, 2.75) is 51.6 Å². The van der Waals surface area contributed by atoms with Crippen LogP contribution in [0.4, 0.5) is 22.7 Å². The Morgan fingerprint density at radius 2 is 1.10 bits per heavy atom. The third-order valence-corrected chi connectivity index (χ3v) is 10.00. The number of nitrogens with zero attached hydrogens (tertiary/aromatic N) is 5. The van der Waals surface area contributed by atoms with Crippen LogP contribution >= 0.6 is 0 Å². The number of aliphatic hydroxyl groups is 1. The van der Waals surface area contributed by atoms with E-state index in [4.69, 9.17) is 29.8 Å². The molecule has 0 bridgehead atoms. The molecular weight excluding hydrogens is 616 g/mol. The number of piperidine rings is 2. The second-order valence-corrected chi connectivity index (χ2v) is 12.7. The minimum absolute atomic E-state index is 0.110. The Balaban J connectivity index is 0.000000207. The molecule has 0 aromatic heterocycles. The summed E-state index contributed by atoms with van der Waals surface area (Å²) in [6.07, 6.45) is 4.59. The average Bonchev–Trinajstić information content (AvgIpc) is 3.14. The number of rotatable bonds is 7. The van der Waals surface area contributed by atoms with Gasteiger partial charge >= 0.3 is 0 Å². The highest BCUT2D eigenvalue weighted by Crippen LogP contribution is 2.37. The summed E-state index contributed by atoms with van der Waals surface area (Å²) < 4.78 is 21.8. The van der Waals surface area contributed by atoms with E-state index in [1.807, 2.05) is 12.1 Å². The van der Waals surface area contributed by atoms with Crippen molar-refractivity contribution in [2.24, 2.45) is 0 Å². The van der Waals surface area contributed by atoms with Crippen molar-refractivity contribution in [2.75, 3.05) is 116 Å². The summed E-state index contributed by atoms with van der Waals surface area (Å²) in [4.78, 5) is 20.6. The van der Waals surface area contributed by atoms with Crippen LogP contribution < -0.4 is 25.0 Å². The van der Waals surface area contributed by atoms with Gasteiger partial charge in [-0.2, -0.15) is 0 Å². The van der Waals surface area contributed by atoms with Gasteiger partial charge < -0.3 is 39.6 Å². The minimum atomic E-state index is -0.355. The van der Waals surface area contributed by atoms with Crippen LogP contribution in [-0.4, -0.2) is 132 Å². The van der Waals surface area contributed by atoms with E-state index in [2.05, 4.69) is 32.6 Å². The minimum Gasteiger partial charge on any atom is -0.495 e. The lowest BCUT2D eigenvalue weighted by Crippen LogP contribution is -2.49. The number of anilines is 3. The number of nitrogen functional groups attached to an aromatic ring is 1. The van der Waals surface area contributed by atoms with E-state index < -0.39 is 0 Å². The van der Waals surface area contributed by atoms with Crippen molar-refractivity contribution in [3.63, 3.8) is 0 Å². The fourth-order valence-corrected chi connectivity index (χ4v) is 7.20. The van der Waals surface area contributed by atoms with Gasteiger partial charge in [-0.1, -0.05) is 0 Å². The molecule has 2 aromatic carbocycles. The molecule has 3 N–H and O–H groups in total. The van der Waals surface area contributed by atoms with E-state index in [1.54, 1.807) is 27.2 Å². The normalized spacial score (nSPS) is 19.9. The fraction of sp³-hybridized carbons (Fsp3) is 0.657. The Morgan fingerprint density at radius 1 is 0.708 bits per heavy atom. The SMILES string of the molecule is CO.COc1cc(N)c(C)cc1N1CCC(N2CCOCC2)CC1.COc1cc([N+](=O)[O-])c(C)cc1N1CCC(N2CCOCC2)CC1. The second kappa shape index (κ2) is 18.4. The number of morpholine rings is 2. The van der Waals surface area contributed by atoms with Gasteiger partial charge in [-0.25, -0.2) is 0 Å². The number of methoxy groups -OCH3 is 2. The van der Waals surface area contributed by atoms with Gasteiger partial charge in [-0.15, -0.1) is 0 Å². The molecule has 4 saturated heterocycles. The predicted molar refractivity (Wildman–Crippen MR) is 190 cm³/mol. The van der Waals surface area contributed by atoms with Gasteiger partial charge in [-0.05, 0) is 57.2 Å². The Bertz CT molecular complexity index is 1300. The first-order chi connectivity index (χ1) is 23.3. The zero-order chi connectivity index (χ0) is 34.6. The molecule has 0 unspecified atom stereocenters. The standard InChI is InChI=1S/C17H25N3O4.C17H27N3O2.CH4O/c1-13-11-16(17(23-2)12-15(13)20(21)22)19-5-3-14(4-6-19)18-7-9-24-10-8-18;1-13-11-16(17(21-2)12-15(13)18)20-5-3-14(4-6-20)19-7-9-22-10-8-19;1-2/h11-12,14H,3-10H2,1-2H3;11-12,14H,3-10,18H2,1-2H3;2H,1H3. The largest absolute Gasteiger partial charge is 0.495 e. The molecule has 4 heterocycles. The highest BCUT2D eigenvalue weighted by molar-refractivity contribution is 5.68. The summed E-state index contributed by atoms with van der Waals surface area (Å²) in [5.74, 6) is 1.46. The van der Waals surface area contributed by atoms with Crippen LogP contribution in [-0.2, 0) is 9.47 Å². The first-order valence-corrected chi connectivity index (χ1v) is 17.1. The maximum absolute atomic E-state index is 11.1. The van der Waals surface area contributed by atoms with E-state index >= 15 is 0 Å². The van der Waals surface area contributed by atoms with E-state index in [0.717, 1.165) is 121 Å². The van der Waals surface area contributed by atoms with Gasteiger partial charge in [0.15, 0.2) is 0 Å². The van der Waals surface area contributed by atoms with E-state index in [9.17, 15) is 10.1 Å². The quantitative estimate of drug-likeness (QED) is 0.252. The van der Waals surface area contributed by atoms with Crippen molar-refractivity contribution >= 4 is 22.7 Å². The van der Waals surface area contributed by atoms with Gasteiger partial charge in [-0.3, -0.25) is 19.9 Å². The van der Waals surface area contributed by atoms with Crippen molar-refractivity contribution in [1.29, 1.82) is 0 Å². The molecule has 0 saturated carbocycles. The Labute approximate surface area is 285 Å². The summed E-state index contributed by atoms with van der Waals surface area (Å²) in [6.45, 7) is 15.5. The molecule has 0 atom stereocenters. The van der Waals surface area contributed by atoms with E-state index in [-0.39, 0.29) is 10.6 Å². The number of ether oxygens (including phenoxy) is 4. The summed E-state index contributed by atoms with van der Waals surface area (Å²) in [6, 6.07) is 8.82. The highest BCUT2D eigenvalue weighted by atomic mass is 16.6. The third kappa shape index (κ3) is 9.41. The maximum atomic E-state index is 11.1. The molecule has 2 aromatic rings. The lowest BCUT2D eigenvalue weighted by atomic mass is 10.0. The van der Waals surface area contributed by atoms with Crippen LogP contribution in [0.15, 0.2) is 24.3 Å². The van der Waals surface area contributed by atoms with Crippen LogP contribution in [0.25, 0.3) is 0 Å². The van der Waals surface area contributed by atoms with Crippen LogP contribution in [0.3, 0.4) is 0 Å². The Hall–Kier alpha value is -3.36. The Kier molecular flexibility index (Phi) is 14.4. The van der Waals surface area contributed by atoms with Gasteiger partial charge in [0, 0.05) is 88.9 Å². The zero-order valence-corrected chi connectivity index (χ0v) is 29.5. The summed E-state index contributed by atoms with van der Waals surface area (Å²) in [7, 11) is 4.28. The number of nitro benzene ring substituents is 1. The van der Waals surface area contributed by atoms with Crippen LogP contribution in [0.5, 0.6) is 11.5 Å². The number of nitrogens with two attached hydrogens (primary N) is 1. The van der Waals surface area contributed by atoms with Crippen LogP contribution in [0.2, 0.25) is 0 Å². The third-order valence-electron chi connectivity index (χ3n) is 10.00. The van der Waals surface area contributed by atoms with Gasteiger partial charge in [0.2, 0.25) is 0 Å². The number of aliphatic hydroxyl groups excluding tert-OH is 1. The zero-order valence-electron chi connectivity index (χ0n) is 29.5. The second-order valence-electron chi connectivity index (χ2n) is 12.7. The lowest BCUT2D eigenvalue weighted by molar-refractivity contribution is -0.385. The molecule has 0 radical (unpaired) electrons. The number of hydrogen-bond acceptors (Lipinski definition) is 12. The molecule has 6 rings (SSSR count). The first-order valence-electron chi connectivity index (χ1n) is 17.1. The molecular formula is C35H56N6O7. The van der Waals surface area contributed by atoms with Crippen molar-refractivity contribution < 1.29 is 29.0 Å². The molecule has 13 heteroatoms.